The number of benzene rings is 3. The van der Waals surface area contributed by atoms with Crippen LogP contribution in [0.25, 0.3) is 21.9 Å². The average molecular weight is 348 g/mol. The Morgan fingerprint density at radius 3 is 2.63 bits per heavy atom. The Balaban J connectivity index is 2.19. The third kappa shape index (κ3) is 1.74. The van der Waals surface area contributed by atoms with Crippen LogP contribution in [0.3, 0.4) is 0 Å². The van der Waals surface area contributed by atoms with Gasteiger partial charge in [-0.25, -0.2) is 0 Å². The minimum Gasteiger partial charge on any atom is -0.0888 e. The first-order valence-corrected chi connectivity index (χ1v) is 7.92. The first-order chi connectivity index (χ1) is 9.24. The molecule has 0 saturated heterocycles. The Kier molecular flexibility index (Phi) is 2.66. The minimum atomic E-state index is 0.787. The first kappa shape index (κ1) is 11.8. The maximum atomic E-state index is 6.15. The highest BCUT2D eigenvalue weighted by Gasteiger charge is 2.19. The van der Waals surface area contributed by atoms with Gasteiger partial charge in [-0.1, -0.05) is 57.5 Å². The second kappa shape index (κ2) is 4.27. The SMILES string of the molecule is Clc1ccc2c(c1)-c1cccc3c(Br)ccc(c13)S2. The second-order valence-electron chi connectivity index (χ2n) is 4.52. The molecule has 0 aromatic heterocycles. The average Bonchev–Trinajstić information content (AvgIpc) is 2.43. The zero-order valence-corrected chi connectivity index (χ0v) is 12.9. The van der Waals surface area contributed by atoms with Crippen molar-refractivity contribution in [2.24, 2.45) is 0 Å². The summed E-state index contributed by atoms with van der Waals surface area (Å²) in [7, 11) is 0. The first-order valence-electron chi connectivity index (χ1n) is 5.93. The van der Waals surface area contributed by atoms with Crippen LogP contribution in [0, 0.1) is 0 Å². The molecule has 4 rings (SSSR count). The van der Waals surface area contributed by atoms with Gasteiger partial charge in [0.25, 0.3) is 0 Å². The summed E-state index contributed by atoms with van der Waals surface area (Å²) in [5, 5.41) is 3.36. The molecule has 0 atom stereocenters. The van der Waals surface area contributed by atoms with Gasteiger partial charge in [-0.05, 0) is 46.8 Å². The molecule has 19 heavy (non-hydrogen) atoms. The van der Waals surface area contributed by atoms with Gasteiger partial charge in [-0.2, -0.15) is 0 Å². The summed E-state index contributed by atoms with van der Waals surface area (Å²) in [5.74, 6) is 0. The highest BCUT2D eigenvalue weighted by molar-refractivity contribution is 9.10. The molecule has 3 heteroatoms. The van der Waals surface area contributed by atoms with Crippen molar-refractivity contribution in [2.45, 2.75) is 9.79 Å². The molecule has 0 spiro atoms. The quantitative estimate of drug-likeness (QED) is 0.355. The van der Waals surface area contributed by atoms with E-state index >= 15 is 0 Å². The monoisotopic (exact) mass is 346 g/mol. The van der Waals surface area contributed by atoms with Crippen LogP contribution in [0.4, 0.5) is 0 Å². The fourth-order valence-corrected chi connectivity index (χ4v) is 4.31. The van der Waals surface area contributed by atoms with Gasteiger partial charge in [0.15, 0.2) is 0 Å². The van der Waals surface area contributed by atoms with Crippen molar-refractivity contribution in [1.82, 2.24) is 0 Å². The van der Waals surface area contributed by atoms with E-state index in [0.29, 0.717) is 0 Å². The third-order valence-corrected chi connectivity index (χ3v) is 5.46. The molecular formula is C16H8BrClS. The lowest BCUT2D eigenvalue weighted by molar-refractivity contribution is 1.39. The minimum absolute atomic E-state index is 0.787. The maximum Gasteiger partial charge on any atom is 0.0412 e. The second-order valence-corrected chi connectivity index (χ2v) is 6.89. The van der Waals surface area contributed by atoms with Gasteiger partial charge in [0.1, 0.15) is 0 Å². The Labute approximate surface area is 128 Å². The van der Waals surface area contributed by atoms with E-state index in [1.807, 2.05) is 17.8 Å². The summed E-state index contributed by atoms with van der Waals surface area (Å²) in [6.07, 6.45) is 0. The van der Waals surface area contributed by atoms with Gasteiger partial charge in [0.05, 0.1) is 0 Å². The van der Waals surface area contributed by atoms with Crippen molar-refractivity contribution < 1.29 is 0 Å². The molecule has 0 aliphatic carbocycles. The molecule has 0 saturated carbocycles. The molecule has 3 aromatic carbocycles. The topological polar surface area (TPSA) is 0 Å². The van der Waals surface area contributed by atoms with E-state index in [4.69, 9.17) is 11.6 Å². The molecule has 0 nitrogen and oxygen atoms in total. The fraction of sp³-hybridized carbons (Fsp3) is 0. The van der Waals surface area contributed by atoms with Crippen LogP contribution in [0.1, 0.15) is 0 Å². The number of hydrogen-bond acceptors (Lipinski definition) is 1. The van der Waals surface area contributed by atoms with E-state index in [2.05, 4.69) is 58.4 Å². The molecule has 0 amide bonds. The Hall–Kier alpha value is -0.960. The van der Waals surface area contributed by atoms with Gasteiger partial charge >= 0.3 is 0 Å². The summed E-state index contributed by atoms with van der Waals surface area (Å²) in [4.78, 5) is 2.58. The van der Waals surface area contributed by atoms with Crippen molar-refractivity contribution in [3.05, 3.63) is 58.0 Å². The molecule has 0 N–H and O–H groups in total. The summed E-state index contributed by atoms with van der Waals surface area (Å²) >= 11 is 11.6. The van der Waals surface area contributed by atoms with Crippen LogP contribution in [0.2, 0.25) is 5.02 Å². The third-order valence-electron chi connectivity index (χ3n) is 3.40. The molecule has 92 valence electrons. The summed E-state index contributed by atoms with van der Waals surface area (Å²) in [5.41, 5.74) is 2.50. The molecule has 0 radical (unpaired) electrons. The number of halogens is 2. The normalized spacial score (nSPS) is 12.5. The van der Waals surface area contributed by atoms with E-state index in [-0.39, 0.29) is 0 Å². The Morgan fingerprint density at radius 1 is 0.895 bits per heavy atom. The molecule has 1 aliphatic rings. The fourth-order valence-electron chi connectivity index (χ4n) is 2.57. The van der Waals surface area contributed by atoms with Crippen molar-refractivity contribution in [2.75, 3.05) is 0 Å². The number of hydrogen-bond donors (Lipinski definition) is 0. The lowest BCUT2D eigenvalue weighted by Crippen LogP contribution is -1.93. The highest BCUT2D eigenvalue weighted by atomic mass is 79.9. The van der Waals surface area contributed by atoms with Crippen LogP contribution in [0.5, 0.6) is 0 Å². The molecule has 0 bridgehead atoms. The Morgan fingerprint density at radius 2 is 1.74 bits per heavy atom. The summed E-state index contributed by atoms with van der Waals surface area (Å²) in [6, 6.07) is 16.8. The zero-order valence-electron chi connectivity index (χ0n) is 9.78. The van der Waals surface area contributed by atoms with E-state index in [1.165, 1.54) is 31.7 Å². The molecular weight excluding hydrogens is 340 g/mol. The lowest BCUT2D eigenvalue weighted by atomic mass is 9.98. The van der Waals surface area contributed by atoms with E-state index < -0.39 is 0 Å². The summed E-state index contributed by atoms with van der Waals surface area (Å²) < 4.78 is 1.14. The van der Waals surface area contributed by atoms with Crippen molar-refractivity contribution in [3.8, 4) is 11.1 Å². The molecule has 3 aromatic rings. The van der Waals surface area contributed by atoms with Gasteiger partial charge in [0, 0.05) is 24.7 Å². The largest absolute Gasteiger partial charge is 0.0888 e. The van der Waals surface area contributed by atoms with Crippen molar-refractivity contribution in [3.63, 3.8) is 0 Å². The van der Waals surface area contributed by atoms with E-state index in [1.54, 1.807) is 0 Å². The predicted octanol–water partition coefficient (Wildman–Crippen LogP) is 6.39. The van der Waals surface area contributed by atoms with Crippen LogP contribution in [-0.2, 0) is 0 Å². The summed E-state index contributed by atoms with van der Waals surface area (Å²) in [6.45, 7) is 0. The van der Waals surface area contributed by atoms with Crippen LogP contribution < -0.4 is 0 Å². The predicted molar refractivity (Wildman–Crippen MR) is 86.2 cm³/mol. The molecule has 0 unspecified atom stereocenters. The number of rotatable bonds is 0. The zero-order chi connectivity index (χ0) is 13.0. The van der Waals surface area contributed by atoms with E-state index in [9.17, 15) is 0 Å². The molecule has 0 fully saturated rings. The van der Waals surface area contributed by atoms with Gasteiger partial charge in [0.2, 0.25) is 0 Å². The smallest absolute Gasteiger partial charge is 0.0412 e. The van der Waals surface area contributed by atoms with Crippen LogP contribution >= 0.6 is 39.3 Å². The van der Waals surface area contributed by atoms with E-state index in [0.717, 1.165) is 9.50 Å². The van der Waals surface area contributed by atoms with Gasteiger partial charge < -0.3 is 0 Å². The lowest BCUT2D eigenvalue weighted by Gasteiger charge is -2.20. The van der Waals surface area contributed by atoms with Crippen LogP contribution in [-0.4, -0.2) is 0 Å². The van der Waals surface area contributed by atoms with Crippen molar-refractivity contribution >= 4 is 50.1 Å². The molecule has 1 heterocycles. The standard InChI is InChI=1S/C16H8BrClS/c17-13-5-7-15-16-10(2-1-3-11(13)16)12-8-9(18)4-6-14(12)19-15/h1-8H. The van der Waals surface area contributed by atoms with Gasteiger partial charge in [-0.3, -0.25) is 0 Å². The highest BCUT2D eigenvalue weighted by Crippen LogP contribution is 2.49. The number of fused-ring (bicyclic) bond motifs is 2. The van der Waals surface area contributed by atoms with Crippen LogP contribution in [0.15, 0.2) is 62.8 Å². The molecule has 1 aliphatic heterocycles. The maximum absolute atomic E-state index is 6.15. The Bertz CT molecular complexity index is 826. The van der Waals surface area contributed by atoms with Crippen molar-refractivity contribution in [1.29, 1.82) is 0 Å². The van der Waals surface area contributed by atoms with Gasteiger partial charge in [-0.15, -0.1) is 0 Å².